The quantitative estimate of drug-likeness (QED) is 0.808. The molecule has 29 heavy (non-hydrogen) atoms. The largest absolute Gasteiger partial charge is 0.497 e. The molecule has 2 aromatic rings. The predicted octanol–water partition coefficient (Wildman–Crippen LogP) is 2.98. The van der Waals surface area contributed by atoms with Crippen LogP contribution in [0, 0.1) is 0 Å². The lowest BCUT2D eigenvalue weighted by atomic mass is 9.95. The third kappa shape index (κ3) is 4.47. The van der Waals surface area contributed by atoms with E-state index in [1.54, 1.807) is 17.9 Å². The Morgan fingerprint density at radius 3 is 2.48 bits per heavy atom. The van der Waals surface area contributed by atoms with Gasteiger partial charge in [-0.25, -0.2) is 8.42 Å². The summed E-state index contributed by atoms with van der Waals surface area (Å²) >= 11 is 0. The molecule has 1 saturated carbocycles. The number of sulfone groups is 1. The molecule has 1 aliphatic carbocycles. The minimum absolute atomic E-state index is 0.0571. The number of rotatable bonds is 5. The fourth-order valence-corrected chi connectivity index (χ4v) is 5.93. The van der Waals surface area contributed by atoms with Gasteiger partial charge in [0.05, 0.1) is 30.4 Å². The topological polar surface area (TPSA) is 90.3 Å². The molecule has 156 valence electrons. The van der Waals surface area contributed by atoms with Gasteiger partial charge in [0, 0.05) is 11.6 Å². The van der Waals surface area contributed by atoms with Crippen molar-refractivity contribution in [2.24, 2.45) is 0 Å². The Morgan fingerprint density at radius 2 is 1.86 bits per heavy atom. The summed E-state index contributed by atoms with van der Waals surface area (Å²) < 4.78 is 31.0. The molecule has 0 bridgehead atoms. The Bertz CT molecular complexity index is 976. The van der Waals surface area contributed by atoms with Crippen LogP contribution in [0.4, 0.5) is 0 Å². The number of carbonyl (C=O) groups is 1. The molecule has 4 rings (SSSR count). The summed E-state index contributed by atoms with van der Waals surface area (Å²) in [5, 5.41) is 7.65. The maximum absolute atomic E-state index is 12.8. The molecular weight excluding hydrogens is 390 g/mol. The predicted molar refractivity (Wildman–Crippen MR) is 111 cm³/mol. The molecule has 2 fully saturated rings. The zero-order valence-corrected chi connectivity index (χ0v) is 17.5. The van der Waals surface area contributed by atoms with Crippen LogP contribution in [-0.4, -0.2) is 48.8 Å². The minimum atomic E-state index is -3.07. The van der Waals surface area contributed by atoms with E-state index in [1.165, 1.54) is 6.42 Å². The summed E-state index contributed by atoms with van der Waals surface area (Å²) in [6.07, 6.45) is 6.00. The maximum Gasteiger partial charge on any atom is 0.272 e. The van der Waals surface area contributed by atoms with Crippen molar-refractivity contribution in [1.29, 1.82) is 0 Å². The second kappa shape index (κ2) is 8.18. The number of ether oxygens (including phenoxy) is 1. The van der Waals surface area contributed by atoms with Crippen LogP contribution in [-0.2, 0) is 9.84 Å². The molecule has 0 spiro atoms. The second-order valence-electron chi connectivity index (χ2n) is 7.95. The Balaban J connectivity index is 1.65. The SMILES string of the molecule is COc1ccc(-c2cc(C(=O)NC3CCCCC3)nn2[C@H]2CCS(=O)(=O)C2)cc1. The molecular formula is C21H27N3O4S. The third-order valence-corrected chi connectivity index (χ3v) is 7.60. The number of methoxy groups -OCH3 is 1. The van der Waals surface area contributed by atoms with Crippen LogP contribution in [0.1, 0.15) is 55.1 Å². The van der Waals surface area contributed by atoms with E-state index in [2.05, 4.69) is 10.4 Å². The Morgan fingerprint density at radius 1 is 1.14 bits per heavy atom. The van der Waals surface area contributed by atoms with Crippen LogP contribution in [0.25, 0.3) is 11.3 Å². The van der Waals surface area contributed by atoms with Crippen molar-refractivity contribution in [3.8, 4) is 17.0 Å². The highest BCUT2D eigenvalue weighted by atomic mass is 32.2. The van der Waals surface area contributed by atoms with Crippen LogP contribution in [0.5, 0.6) is 5.75 Å². The van der Waals surface area contributed by atoms with E-state index in [9.17, 15) is 13.2 Å². The molecule has 1 saturated heterocycles. The first-order valence-corrected chi connectivity index (χ1v) is 12.0. The molecule has 1 atom stereocenters. The summed E-state index contributed by atoms with van der Waals surface area (Å²) in [5.74, 6) is 0.759. The highest BCUT2D eigenvalue weighted by Gasteiger charge is 2.32. The number of aromatic nitrogens is 2. The lowest BCUT2D eigenvalue weighted by molar-refractivity contribution is 0.0921. The standard InChI is InChI=1S/C21H27N3O4S/c1-28-18-9-7-15(8-10-18)20-13-19(21(25)22-16-5-3-2-4-6-16)23-24(20)17-11-12-29(26,27)14-17/h7-10,13,16-17H,2-6,11-12,14H2,1H3,(H,22,25)/t17-/m0/s1. The first-order valence-electron chi connectivity index (χ1n) is 10.2. The normalized spacial score (nSPS) is 21.8. The highest BCUT2D eigenvalue weighted by molar-refractivity contribution is 7.91. The van der Waals surface area contributed by atoms with E-state index in [4.69, 9.17) is 4.74 Å². The van der Waals surface area contributed by atoms with E-state index in [1.807, 2.05) is 24.3 Å². The van der Waals surface area contributed by atoms with Crippen LogP contribution >= 0.6 is 0 Å². The number of nitrogens with zero attached hydrogens (tertiary/aromatic N) is 2. The van der Waals surface area contributed by atoms with Gasteiger partial charge < -0.3 is 10.1 Å². The van der Waals surface area contributed by atoms with Crippen LogP contribution < -0.4 is 10.1 Å². The third-order valence-electron chi connectivity index (χ3n) is 5.85. The molecule has 1 aromatic heterocycles. The van der Waals surface area contributed by atoms with Crippen molar-refractivity contribution in [3.05, 3.63) is 36.0 Å². The number of hydrogen-bond donors (Lipinski definition) is 1. The van der Waals surface area contributed by atoms with Crippen molar-refractivity contribution in [1.82, 2.24) is 15.1 Å². The van der Waals surface area contributed by atoms with Gasteiger partial charge in [-0.1, -0.05) is 19.3 Å². The summed E-state index contributed by atoms with van der Waals surface area (Å²) in [5.41, 5.74) is 1.97. The van der Waals surface area contributed by atoms with Gasteiger partial charge in [0.2, 0.25) is 0 Å². The molecule has 1 aromatic carbocycles. The molecule has 2 aliphatic rings. The molecule has 1 aliphatic heterocycles. The van der Waals surface area contributed by atoms with Gasteiger partial charge in [0.1, 0.15) is 5.75 Å². The first kappa shape index (κ1) is 19.9. The highest BCUT2D eigenvalue weighted by Crippen LogP contribution is 2.31. The average Bonchev–Trinajstić information content (AvgIpc) is 3.32. The number of benzene rings is 1. The molecule has 8 heteroatoms. The first-order chi connectivity index (χ1) is 13.9. The lowest BCUT2D eigenvalue weighted by Crippen LogP contribution is -2.36. The smallest absolute Gasteiger partial charge is 0.272 e. The zero-order chi connectivity index (χ0) is 20.4. The van der Waals surface area contributed by atoms with Crippen molar-refractivity contribution in [2.45, 2.75) is 50.6 Å². The molecule has 0 unspecified atom stereocenters. The van der Waals surface area contributed by atoms with E-state index < -0.39 is 9.84 Å². The van der Waals surface area contributed by atoms with Gasteiger partial charge in [0.15, 0.2) is 15.5 Å². The maximum atomic E-state index is 12.8. The van der Waals surface area contributed by atoms with E-state index in [-0.39, 0.29) is 29.5 Å². The van der Waals surface area contributed by atoms with E-state index in [0.29, 0.717) is 12.1 Å². The molecule has 1 amide bonds. The number of nitrogens with one attached hydrogen (secondary N) is 1. The monoisotopic (exact) mass is 417 g/mol. The van der Waals surface area contributed by atoms with Crippen molar-refractivity contribution >= 4 is 15.7 Å². The number of carbonyl (C=O) groups excluding carboxylic acids is 1. The van der Waals surface area contributed by atoms with Gasteiger partial charge in [-0.2, -0.15) is 5.10 Å². The fourth-order valence-electron chi connectivity index (χ4n) is 4.24. The van der Waals surface area contributed by atoms with E-state index >= 15 is 0 Å². The number of hydrogen-bond acceptors (Lipinski definition) is 5. The van der Waals surface area contributed by atoms with E-state index in [0.717, 1.165) is 42.7 Å². The van der Waals surface area contributed by atoms with Crippen LogP contribution in [0.15, 0.2) is 30.3 Å². The van der Waals surface area contributed by atoms with Crippen molar-refractivity contribution in [3.63, 3.8) is 0 Å². The lowest BCUT2D eigenvalue weighted by Gasteiger charge is -2.22. The zero-order valence-electron chi connectivity index (χ0n) is 16.6. The molecule has 0 radical (unpaired) electrons. The number of amides is 1. The van der Waals surface area contributed by atoms with Gasteiger partial charge in [-0.3, -0.25) is 9.48 Å². The van der Waals surface area contributed by atoms with Gasteiger partial charge >= 0.3 is 0 Å². The van der Waals surface area contributed by atoms with Gasteiger partial charge in [-0.05, 0) is 49.6 Å². The summed E-state index contributed by atoms with van der Waals surface area (Å²) in [6, 6.07) is 9.20. The van der Waals surface area contributed by atoms with Crippen molar-refractivity contribution in [2.75, 3.05) is 18.6 Å². The summed E-state index contributed by atoms with van der Waals surface area (Å²) in [6.45, 7) is 0. The molecule has 7 nitrogen and oxygen atoms in total. The Kier molecular flexibility index (Phi) is 5.63. The van der Waals surface area contributed by atoms with Gasteiger partial charge in [0.25, 0.3) is 5.91 Å². The van der Waals surface area contributed by atoms with Crippen LogP contribution in [0.2, 0.25) is 0 Å². The molecule has 1 N–H and O–H groups in total. The fraction of sp³-hybridized carbons (Fsp3) is 0.524. The Labute approximate surface area is 171 Å². The van der Waals surface area contributed by atoms with Crippen molar-refractivity contribution < 1.29 is 17.9 Å². The molecule has 2 heterocycles. The van der Waals surface area contributed by atoms with Gasteiger partial charge in [-0.15, -0.1) is 0 Å². The van der Waals surface area contributed by atoms with Crippen LogP contribution in [0.3, 0.4) is 0 Å². The summed E-state index contributed by atoms with van der Waals surface area (Å²) in [4.78, 5) is 12.8. The Hall–Kier alpha value is -2.35. The summed E-state index contributed by atoms with van der Waals surface area (Å²) in [7, 11) is -1.46. The second-order valence-corrected chi connectivity index (χ2v) is 10.2. The average molecular weight is 418 g/mol. The minimum Gasteiger partial charge on any atom is -0.497 e.